The molecule has 0 radical (unpaired) electrons. The first-order valence-corrected chi connectivity index (χ1v) is 10.0. The van der Waals surface area contributed by atoms with Crippen LogP contribution in [0.1, 0.15) is 47.2 Å². The number of hydrogen-bond acceptors (Lipinski definition) is 4. The summed E-state index contributed by atoms with van der Waals surface area (Å²) in [6.07, 6.45) is 0. The van der Waals surface area contributed by atoms with Crippen molar-refractivity contribution in [2.24, 2.45) is 0 Å². The summed E-state index contributed by atoms with van der Waals surface area (Å²) in [7, 11) is 0. The second kappa shape index (κ2) is 7.59. The van der Waals surface area contributed by atoms with Crippen LogP contribution in [0.15, 0.2) is 48.5 Å². The number of aromatic nitrogens is 1. The lowest BCUT2D eigenvalue weighted by Crippen LogP contribution is -2.21. The van der Waals surface area contributed by atoms with Crippen molar-refractivity contribution in [3.63, 3.8) is 0 Å². The Morgan fingerprint density at radius 1 is 0.931 bits per heavy atom. The molecule has 3 aromatic rings. The van der Waals surface area contributed by atoms with Crippen LogP contribution in [0.5, 0.6) is 0 Å². The standard InChI is InChI=1S/C24H24N2O3/c1-4-26(5-2)16-13-11-15(12-14-16)19-20-21(25-22(19)24(28)29-6-3)17-9-7-8-10-18(17)23(20)27/h7-14,25H,4-6H2,1-3H3. The Bertz CT molecular complexity index is 1080. The molecule has 0 saturated heterocycles. The highest BCUT2D eigenvalue weighted by molar-refractivity contribution is 6.26. The minimum Gasteiger partial charge on any atom is -0.461 e. The summed E-state index contributed by atoms with van der Waals surface area (Å²) in [5.41, 5.74) is 5.59. The summed E-state index contributed by atoms with van der Waals surface area (Å²) in [4.78, 5) is 31.3. The summed E-state index contributed by atoms with van der Waals surface area (Å²) >= 11 is 0. The Hall–Kier alpha value is -3.34. The van der Waals surface area contributed by atoms with Gasteiger partial charge in [0.25, 0.3) is 0 Å². The summed E-state index contributed by atoms with van der Waals surface area (Å²) in [5.74, 6) is -0.514. The van der Waals surface area contributed by atoms with Crippen LogP contribution in [0.3, 0.4) is 0 Å². The molecule has 0 fully saturated rings. The first-order valence-electron chi connectivity index (χ1n) is 10.0. The Labute approximate surface area is 170 Å². The highest BCUT2D eigenvalue weighted by Gasteiger charge is 2.35. The van der Waals surface area contributed by atoms with E-state index in [0.29, 0.717) is 28.1 Å². The minimum atomic E-state index is -0.449. The van der Waals surface area contributed by atoms with Crippen LogP contribution in [0, 0.1) is 0 Å². The lowest BCUT2D eigenvalue weighted by Gasteiger charge is -2.21. The smallest absolute Gasteiger partial charge is 0.355 e. The number of hydrogen-bond donors (Lipinski definition) is 1. The molecule has 0 bridgehead atoms. The van der Waals surface area contributed by atoms with E-state index in [4.69, 9.17) is 4.74 Å². The minimum absolute atomic E-state index is 0.0646. The molecule has 0 unspecified atom stereocenters. The van der Waals surface area contributed by atoms with Crippen LogP contribution >= 0.6 is 0 Å². The third-order valence-corrected chi connectivity index (χ3v) is 5.43. The van der Waals surface area contributed by atoms with Crippen LogP contribution in [-0.2, 0) is 4.74 Å². The SMILES string of the molecule is CCOC(=O)c1[nH]c2c(c1-c1ccc(N(CC)CC)cc1)C(=O)c1ccccc1-2. The number of carbonyl (C=O) groups is 2. The van der Waals surface area contributed by atoms with E-state index in [1.165, 1.54) is 0 Å². The van der Waals surface area contributed by atoms with Gasteiger partial charge >= 0.3 is 5.97 Å². The number of carbonyl (C=O) groups excluding carboxylic acids is 2. The van der Waals surface area contributed by atoms with Crippen molar-refractivity contribution in [1.29, 1.82) is 0 Å². The fourth-order valence-electron chi connectivity index (χ4n) is 4.04. The number of rotatable bonds is 6. The molecule has 0 aliphatic heterocycles. The predicted molar refractivity (Wildman–Crippen MR) is 115 cm³/mol. The van der Waals surface area contributed by atoms with E-state index in [-0.39, 0.29) is 12.4 Å². The largest absolute Gasteiger partial charge is 0.461 e. The number of ether oxygens (including phenoxy) is 1. The maximum absolute atomic E-state index is 13.2. The van der Waals surface area contributed by atoms with Crippen molar-refractivity contribution in [1.82, 2.24) is 4.98 Å². The maximum atomic E-state index is 13.2. The van der Waals surface area contributed by atoms with Crippen molar-refractivity contribution in [3.05, 3.63) is 65.4 Å². The molecule has 5 heteroatoms. The number of anilines is 1. The zero-order chi connectivity index (χ0) is 20.5. The summed E-state index contributed by atoms with van der Waals surface area (Å²) in [6, 6.07) is 15.5. The van der Waals surface area contributed by atoms with Crippen molar-refractivity contribution < 1.29 is 14.3 Å². The van der Waals surface area contributed by atoms with E-state index < -0.39 is 5.97 Å². The van der Waals surface area contributed by atoms with Gasteiger partial charge in [-0.3, -0.25) is 4.79 Å². The highest BCUT2D eigenvalue weighted by Crippen LogP contribution is 2.43. The van der Waals surface area contributed by atoms with Crippen molar-refractivity contribution >= 4 is 17.4 Å². The molecule has 0 amide bonds. The van der Waals surface area contributed by atoms with E-state index in [0.717, 1.165) is 29.9 Å². The molecule has 1 aromatic heterocycles. The van der Waals surface area contributed by atoms with Crippen LogP contribution in [-0.4, -0.2) is 36.4 Å². The fraction of sp³-hybridized carbons (Fsp3) is 0.250. The lowest BCUT2D eigenvalue weighted by molar-refractivity contribution is 0.0521. The molecule has 0 atom stereocenters. The molecule has 0 saturated carbocycles. The number of ketones is 1. The first-order chi connectivity index (χ1) is 14.1. The normalized spacial score (nSPS) is 11.9. The van der Waals surface area contributed by atoms with E-state index in [1.54, 1.807) is 6.92 Å². The van der Waals surface area contributed by atoms with Gasteiger partial charge in [-0.05, 0) is 38.5 Å². The van der Waals surface area contributed by atoms with E-state index in [2.05, 4.69) is 23.7 Å². The number of nitrogens with one attached hydrogen (secondary N) is 1. The molecule has 5 nitrogen and oxygen atoms in total. The van der Waals surface area contributed by atoms with E-state index in [1.807, 2.05) is 48.5 Å². The van der Waals surface area contributed by atoms with Crippen LogP contribution in [0.25, 0.3) is 22.4 Å². The van der Waals surface area contributed by atoms with Gasteiger partial charge in [0, 0.05) is 35.5 Å². The third-order valence-electron chi connectivity index (χ3n) is 5.43. The van der Waals surface area contributed by atoms with Gasteiger partial charge < -0.3 is 14.6 Å². The Morgan fingerprint density at radius 3 is 2.21 bits per heavy atom. The fourth-order valence-corrected chi connectivity index (χ4v) is 4.04. The second-order valence-corrected chi connectivity index (χ2v) is 6.94. The van der Waals surface area contributed by atoms with Gasteiger partial charge in [-0.15, -0.1) is 0 Å². The second-order valence-electron chi connectivity index (χ2n) is 6.94. The molecular weight excluding hydrogens is 364 g/mol. The first kappa shape index (κ1) is 19.0. The van der Waals surface area contributed by atoms with E-state index in [9.17, 15) is 9.59 Å². The molecule has 29 heavy (non-hydrogen) atoms. The average molecular weight is 388 g/mol. The van der Waals surface area contributed by atoms with Gasteiger partial charge in [-0.25, -0.2) is 4.79 Å². The number of fused-ring (bicyclic) bond motifs is 3. The van der Waals surface area contributed by atoms with Gasteiger partial charge in [0.15, 0.2) is 5.78 Å². The van der Waals surface area contributed by atoms with Crippen LogP contribution in [0.2, 0.25) is 0 Å². The zero-order valence-corrected chi connectivity index (χ0v) is 16.9. The Balaban J connectivity index is 1.88. The lowest BCUT2D eigenvalue weighted by atomic mass is 9.98. The molecule has 1 heterocycles. The quantitative estimate of drug-likeness (QED) is 0.477. The number of aromatic amines is 1. The molecule has 1 N–H and O–H groups in total. The van der Waals surface area contributed by atoms with Crippen LogP contribution < -0.4 is 4.90 Å². The molecule has 1 aliphatic rings. The molecule has 148 valence electrons. The summed E-state index contributed by atoms with van der Waals surface area (Å²) in [5, 5.41) is 0. The molecule has 1 aliphatic carbocycles. The van der Waals surface area contributed by atoms with Crippen molar-refractivity contribution in [3.8, 4) is 22.4 Å². The molecule has 4 rings (SSSR count). The number of H-pyrrole nitrogens is 1. The van der Waals surface area contributed by atoms with Gasteiger partial charge in [-0.2, -0.15) is 0 Å². The molecule has 0 spiro atoms. The van der Waals surface area contributed by atoms with Gasteiger partial charge in [0.05, 0.1) is 17.9 Å². The summed E-state index contributed by atoms with van der Waals surface area (Å²) in [6.45, 7) is 8.10. The van der Waals surface area contributed by atoms with Gasteiger partial charge in [-0.1, -0.05) is 36.4 Å². The maximum Gasteiger partial charge on any atom is 0.355 e. The predicted octanol–water partition coefficient (Wildman–Crippen LogP) is 4.92. The number of nitrogens with zero attached hydrogens (tertiary/aromatic N) is 1. The van der Waals surface area contributed by atoms with Gasteiger partial charge in [0.1, 0.15) is 5.69 Å². The topological polar surface area (TPSA) is 62.4 Å². The van der Waals surface area contributed by atoms with E-state index >= 15 is 0 Å². The molecule has 2 aromatic carbocycles. The van der Waals surface area contributed by atoms with Crippen molar-refractivity contribution in [2.75, 3.05) is 24.6 Å². The average Bonchev–Trinajstić information content (AvgIpc) is 3.26. The number of esters is 1. The zero-order valence-electron chi connectivity index (χ0n) is 16.9. The third kappa shape index (κ3) is 3.03. The van der Waals surface area contributed by atoms with Crippen molar-refractivity contribution in [2.45, 2.75) is 20.8 Å². The number of benzene rings is 2. The van der Waals surface area contributed by atoms with Crippen LogP contribution in [0.4, 0.5) is 5.69 Å². The summed E-state index contributed by atoms with van der Waals surface area (Å²) < 4.78 is 5.26. The van der Waals surface area contributed by atoms with Gasteiger partial charge in [0.2, 0.25) is 0 Å². The molecular formula is C24H24N2O3. The monoisotopic (exact) mass is 388 g/mol. The Morgan fingerprint density at radius 2 is 1.59 bits per heavy atom. The Kier molecular flexibility index (Phi) is 4.97. The highest BCUT2D eigenvalue weighted by atomic mass is 16.5.